The molecular formula is C17H26O6. The normalized spacial score (nSPS) is 12.6. The van der Waals surface area contributed by atoms with Crippen LogP contribution in [0.4, 0.5) is 0 Å². The number of methoxy groups -OCH3 is 1. The van der Waals surface area contributed by atoms with E-state index in [4.69, 9.17) is 9.47 Å². The second-order valence-electron chi connectivity index (χ2n) is 5.82. The minimum atomic E-state index is -0.654. The lowest BCUT2D eigenvalue weighted by Crippen LogP contribution is -2.25. The van der Waals surface area contributed by atoms with Crippen molar-refractivity contribution in [3.8, 4) is 0 Å². The highest BCUT2D eigenvalue weighted by atomic mass is 16.6. The molecule has 0 spiro atoms. The summed E-state index contributed by atoms with van der Waals surface area (Å²) in [5.74, 6) is -1.44. The molecular weight excluding hydrogens is 300 g/mol. The first-order chi connectivity index (χ1) is 10.6. The van der Waals surface area contributed by atoms with E-state index in [1.54, 1.807) is 34.6 Å². The zero-order chi connectivity index (χ0) is 18.0. The molecule has 0 rings (SSSR count). The van der Waals surface area contributed by atoms with Gasteiger partial charge in [-0.15, -0.1) is 0 Å². The second kappa shape index (κ2) is 9.82. The van der Waals surface area contributed by atoms with Crippen molar-refractivity contribution in [2.24, 2.45) is 0 Å². The van der Waals surface area contributed by atoms with Gasteiger partial charge in [0.2, 0.25) is 0 Å². The van der Waals surface area contributed by atoms with E-state index >= 15 is 0 Å². The van der Waals surface area contributed by atoms with Crippen LogP contribution in [0.2, 0.25) is 0 Å². The van der Waals surface area contributed by atoms with Gasteiger partial charge in [-0.3, -0.25) is 4.79 Å². The summed E-state index contributed by atoms with van der Waals surface area (Å²) < 4.78 is 14.7. The summed E-state index contributed by atoms with van der Waals surface area (Å²) in [5.41, 5.74) is 0.209. The summed E-state index contributed by atoms with van der Waals surface area (Å²) in [7, 11) is 1.27. The second-order valence-corrected chi connectivity index (χ2v) is 5.82. The lowest BCUT2D eigenvalue weighted by Gasteiger charge is -2.21. The Bertz CT molecular complexity index is 494. The van der Waals surface area contributed by atoms with E-state index in [-0.39, 0.29) is 19.4 Å². The maximum Gasteiger partial charge on any atom is 0.334 e. The van der Waals surface area contributed by atoms with Crippen molar-refractivity contribution in [2.75, 3.05) is 13.7 Å². The van der Waals surface area contributed by atoms with Gasteiger partial charge < -0.3 is 14.2 Å². The van der Waals surface area contributed by atoms with Gasteiger partial charge in [-0.1, -0.05) is 6.08 Å². The number of esters is 3. The molecule has 6 nitrogen and oxygen atoms in total. The van der Waals surface area contributed by atoms with Crippen LogP contribution >= 0.6 is 0 Å². The van der Waals surface area contributed by atoms with Crippen LogP contribution in [0.3, 0.4) is 0 Å². The van der Waals surface area contributed by atoms with E-state index in [0.717, 1.165) is 0 Å². The molecule has 0 aromatic carbocycles. The van der Waals surface area contributed by atoms with Crippen molar-refractivity contribution in [1.82, 2.24) is 0 Å². The Morgan fingerprint density at radius 3 is 2.13 bits per heavy atom. The van der Waals surface area contributed by atoms with E-state index in [9.17, 15) is 14.4 Å². The first-order valence-corrected chi connectivity index (χ1v) is 7.45. The smallest absolute Gasteiger partial charge is 0.334 e. The predicted octanol–water partition coefficient (Wildman–Crippen LogP) is 2.72. The molecule has 6 heteroatoms. The van der Waals surface area contributed by atoms with Crippen LogP contribution in [0.15, 0.2) is 23.3 Å². The number of hydrogen-bond acceptors (Lipinski definition) is 6. The van der Waals surface area contributed by atoms with Gasteiger partial charge in [-0.25, -0.2) is 9.59 Å². The average molecular weight is 326 g/mol. The molecule has 0 aliphatic heterocycles. The summed E-state index contributed by atoms with van der Waals surface area (Å²) in [4.78, 5) is 35.0. The zero-order valence-corrected chi connectivity index (χ0v) is 14.7. The van der Waals surface area contributed by atoms with Crippen LogP contribution < -0.4 is 0 Å². The molecule has 0 bridgehead atoms. The number of hydrogen-bond donors (Lipinski definition) is 0. The van der Waals surface area contributed by atoms with E-state index in [0.29, 0.717) is 11.1 Å². The molecule has 0 amide bonds. The Morgan fingerprint density at radius 1 is 1.04 bits per heavy atom. The molecule has 0 N–H and O–H groups in total. The fraction of sp³-hybridized carbons (Fsp3) is 0.588. The highest BCUT2D eigenvalue weighted by Crippen LogP contribution is 2.19. The van der Waals surface area contributed by atoms with Crippen LogP contribution in [0, 0.1) is 0 Å². The maximum absolute atomic E-state index is 12.3. The third kappa shape index (κ3) is 9.50. The molecule has 0 saturated carbocycles. The molecule has 0 aromatic rings. The van der Waals surface area contributed by atoms with Crippen LogP contribution in [-0.4, -0.2) is 37.2 Å². The molecule has 0 saturated heterocycles. The van der Waals surface area contributed by atoms with Crippen molar-refractivity contribution in [1.29, 1.82) is 0 Å². The minimum Gasteiger partial charge on any atom is -0.466 e. The Kier molecular flexibility index (Phi) is 8.92. The van der Waals surface area contributed by atoms with Crippen LogP contribution in [0.5, 0.6) is 0 Å². The number of ether oxygens (including phenoxy) is 3. The van der Waals surface area contributed by atoms with Gasteiger partial charge in [-0.05, 0) is 46.6 Å². The van der Waals surface area contributed by atoms with Gasteiger partial charge in [-0.2, -0.15) is 0 Å². The van der Waals surface area contributed by atoms with E-state index in [2.05, 4.69) is 4.74 Å². The first kappa shape index (κ1) is 20.9. The SMILES string of the molecule is CCOC(=O)CC/C(C(=O)OC(C)(C)C)=C(C)/C=C/C(=O)OC. The van der Waals surface area contributed by atoms with Crippen molar-refractivity contribution in [2.45, 2.75) is 53.1 Å². The van der Waals surface area contributed by atoms with Gasteiger partial charge in [0, 0.05) is 18.1 Å². The molecule has 0 radical (unpaired) electrons. The molecule has 0 fully saturated rings. The van der Waals surface area contributed by atoms with E-state index in [1.165, 1.54) is 19.3 Å². The fourth-order valence-electron chi connectivity index (χ4n) is 1.62. The van der Waals surface area contributed by atoms with Crippen LogP contribution in [-0.2, 0) is 28.6 Å². The predicted molar refractivity (Wildman–Crippen MR) is 85.6 cm³/mol. The number of rotatable bonds is 7. The molecule has 0 aliphatic rings. The lowest BCUT2D eigenvalue weighted by atomic mass is 10.0. The minimum absolute atomic E-state index is 0.0613. The molecule has 23 heavy (non-hydrogen) atoms. The molecule has 0 aromatic heterocycles. The summed E-state index contributed by atoms with van der Waals surface area (Å²) in [6, 6.07) is 0. The largest absolute Gasteiger partial charge is 0.466 e. The molecule has 0 atom stereocenters. The third-order valence-electron chi connectivity index (χ3n) is 2.68. The average Bonchev–Trinajstić information content (AvgIpc) is 2.43. The van der Waals surface area contributed by atoms with Crippen LogP contribution in [0.1, 0.15) is 47.5 Å². The Balaban J connectivity index is 5.27. The zero-order valence-electron chi connectivity index (χ0n) is 14.7. The fourth-order valence-corrected chi connectivity index (χ4v) is 1.62. The Morgan fingerprint density at radius 2 is 1.65 bits per heavy atom. The molecule has 0 heterocycles. The monoisotopic (exact) mass is 326 g/mol. The van der Waals surface area contributed by atoms with Gasteiger partial charge in [0.05, 0.1) is 13.7 Å². The van der Waals surface area contributed by atoms with Crippen molar-refractivity contribution in [3.05, 3.63) is 23.3 Å². The number of carbonyl (C=O) groups excluding carboxylic acids is 3. The first-order valence-electron chi connectivity index (χ1n) is 7.45. The summed E-state index contributed by atoms with van der Waals surface area (Å²) in [5, 5.41) is 0. The third-order valence-corrected chi connectivity index (χ3v) is 2.68. The van der Waals surface area contributed by atoms with E-state index < -0.39 is 23.5 Å². The van der Waals surface area contributed by atoms with Crippen molar-refractivity contribution >= 4 is 17.9 Å². The summed E-state index contributed by atoms with van der Waals surface area (Å²) in [6.45, 7) is 8.94. The van der Waals surface area contributed by atoms with Crippen LogP contribution in [0.25, 0.3) is 0 Å². The van der Waals surface area contributed by atoms with Gasteiger partial charge in [0.25, 0.3) is 0 Å². The highest BCUT2D eigenvalue weighted by molar-refractivity contribution is 5.91. The van der Waals surface area contributed by atoms with E-state index in [1.807, 2.05) is 0 Å². The standard InChI is InChI=1S/C17H26O6/c1-7-22-15(19)11-9-13(16(20)23-17(3,4)5)12(2)8-10-14(18)21-6/h8,10H,7,9,11H2,1-6H3/b10-8+,13-12-. The quantitative estimate of drug-likeness (QED) is 0.310. The van der Waals surface area contributed by atoms with Crippen molar-refractivity contribution in [3.63, 3.8) is 0 Å². The Labute approximate surface area is 137 Å². The van der Waals surface area contributed by atoms with Crippen molar-refractivity contribution < 1.29 is 28.6 Å². The lowest BCUT2D eigenvalue weighted by molar-refractivity contribution is -0.150. The number of carbonyl (C=O) groups is 3. The molecule has 0 unspecified atom stereocenters. The molecule has 0 aliphatic carbocycles. The summed E-state index contributed by atoms with van der Waals surface area (Å²) >= 11 is 0. The van der Waals surface area contributed by atoms with Gasteiger partial charge in [0.1, 0.15) is 5.60 Å². The highest BCUT2D eigenvalue weighted by Gasteiger charge is 2.22. The maximum atomic E-state index is 12.3. The molecule has 130 valence electrons. The van der Waals surface area contributed by atoms with Gasteiger partial charge in [0.15, 0.2) is 0 Å². The topological polar surface area (TPSA) is 78.9 Å². The number of allylic oxidation sites excluding steroid dienone is 2. The van der Waals surface area contributed by atoms with Gasteiger partial charge >= 0.3 is 17.9 Å². The summed E-state index contributed by atoms with van der Waals surface area (Å²) in [6.07, 6.45) is 2.91. The Hall–Kier alpha value is -2.11.